The van der Waals surface area contributed by atoms with E-state index in [4.69, 9.17) is 13.9 Å². The minimum absolute atomic E-state index is 0.523. The first-order valence-corrected chi connectivity index (χ1v) is 8.80. The Morgan fingerprint density at radius 2 is 1.80 bits per heavy atom. The number of methoxy groups -OCH3 is 2. The lowest BCUT2D eigenvalue weighted by Gasteiger charge is -2.06. The lowest BCUT2D eigenvalue weighted by molar-refractivity contribution is 0.394. The summed E-state index contributed by atoms with van der Waals surface area (Å²) in [6, 6.07) is 5.54. The molecule has 1 aromatic carbocycles. The Kier molecular flexibility index (Phi) is 5.54. The molecular formula is C16H19N5O3S. The second kappa shape index (κ2) is 8.02. The third-order valence-electron chi connectivity index (χ3n) is 3.39. The van der Waals surface area contributed by atoms with Crippen LogP contribution in [0.3, 0.4) is 0 Å². The summed E-state index contributed by atoms with van der Waals surface area (Å²) < 4.78 is 16.1. The molecule has 0 unspecified atom stereocenters. The van der Waals surface area contributed by atoms with E-state index in [0.717, 1.165) is 18.4 Å². The zero-order valence-electron chi connectivity index (χ0n) is 14.3. The minimum Gasteiger partial charge on any atom is -0.497 e. The smallest absolute Gasteiger partial charge is 0.226 e. The normalized spacial score (nSPS) is 10.8. The van der Waals surface area contributed by atoms with Gasteiger partial charge in [-0.25, -0.2) is 4.98 Å². The van der Waals surface area contributed by atoms with Crippen LogP contribution in [-0.2, 0) is 12.2 Å². The van der Waals surface area contributed by atoms with Gasteiger partial charge in [-0.1, -0.05) is 18.7 Å². The lowest BCUT2D eigenvalue weighted by atomic mass is 10.2. The zero-order chi connectivity index (χ0) is 17.6. The highest BCUT2D eigenvalue weighted by Gasteiger charge is 2.12. The fourth-order valence-electron chi connectivity index (χ4n) is 2.17. The van der Waals surface area contributed by atoms with Crippen molar-refractivity contribution in [2.45, 2.75) is 30.7 Å². The predicted molar refractivity (Wildman–Crippen MR) is 92.8 cm³/mol. The number of H-pyrrole nitrogens is 1. The van der Waals surface area contributed by atoms with E-state index < -0.39 is 0 Å². The zero-order valence-corrected chi connectivity index (χ0v) is 15.1. The van der Waals surface area contributed by atoms with Crippen molar-refractivity contribution in [2.75, 3.05) is 14.2 Å². The van der Waals surface area contributed by atoms with Crippen LogP contribution in [0.5, 0.6) is 11.5 Å². The summed E-state index contributed by atoms with van der Waals surface area (Å²) in [5.41, 5.74) is 0.832. The SMILES string of the molecule is CCCc1nnc(CSc2n[nH]c(-c3cc(OC)cc(OC)c3)n2)o1. The molecule has 0 atom stereocenters. The van der Waals surface area contributed by atoms with Gasteiger partial charge in [-0.15, -0.1) is 15.3 Å². The van der Waals surface area contributed by atoms with Crippen LogP contribution in [-0.4, -0.2) is 39.6 Å². The topological polar surface area (TPSA) is 99.0 Å². The first-order chi connectivity index (χ1) is 12.2. The molecule has 132 valence electrons. The number of aryl methyl sites for hydroxylation is 1. The molecule has 1 N–H and O–H groups in total. The molecule has 0 radical (unpaired) electrons. The molecule has 2 heterocycles. The van der Waals surface area contributed by atoms with E-state index in [1.807, 2.05) is 12.1 Å². The summed E-state index contributed by atoms with van der Waals surface area (Å²) in [4.78, 5) is 4.48. The van der Waals surface area contributed by atoms with Gasteiger partial charge >= 0.3 is 0 Å². The molecule has 0 saturated carbocycles. The van der Waals surface area contributed by atoms with Gasteiger partial charge in [0.25, 0.3) is 0 Å². The number of nitrogens with zero attached hydrogens (tertiary/aromatic N) is 4. The predicted octanol–water partition coefficient (Wildman–Crippen LogP) is 3.12. The van der Waals surface area contributed by atoms with Crippen LogP contribution < -0.4 is 9.47 Å². The van der Waals surface area contributed by atoms with Crippen molar-refractivity contribution in [1.82, 2.24) is 25.4 Å². The maximum Gasteiger partial charge on any atom is 0.226 e. The third kappa shape index (κ3) is 4.30. The molecule has 0 aliphatic carbocycles. The average Bonchev–Trinajstić information content (AvgIpc) is 3.29. The fourth-order valence-corrected chi connectivity index (χ4v) is 2.81. The molecular weight excluding hydrogens is 342 g/mol. The van der Waals surface area contributed by atoms with Gasteiger partial charge in [0.2, 0.25) is 16.9 Å². The maximum absolute atomic E-state index is 5.56. The van der Waals surface area contributed by atoms with E-state index in [9.17, 15) is 0 Å². The lowest BCUT2D eigenvalue weighted by Crippen LogP contribution is -1.89. The number of benzene rings is 1. The molecule has 0 amide bonds. The van der Waals surface area contributed by atoms with Gasteiger partial charge in [0.15, 0.2) is 5.82 Å². The van der Waals surface area contributed by atoms with Crippen molar-refractivity contribution in [1.29, 1.82) is 0 Å². The number of aromatic nitrogens is 5. The summed E-state index contributed by atoms with van der Waals surface area (Å²) in [6.45, 7) is 2.07. The highest BCUT2D eigenvalue weighted by molar-refractivity contribution is 7.98. The van der Waals surface area contributed by atoms with E-state index in [1.165, 1.54) is 11.8 Å². The van der Waals surface area contributed by atoms with Gasteiger partial charge in [0.05, 0.1) is 20.0 Å². The number of hydrogen-bond donors (Lipinski definition) is 1. The second-order valence-electron chi connectivity index (χ2n) is 5.20. The molecule has 2 aromatic heterocycles. The first-order valence-electron chi connectivity index (χ1n) is 7.81. The molecule has 8 nitrogen and oxygen atoms in total. The number of aromatic amines is 1. The van der Waals surface area contributed by atoms with Crippen LogP contribution in [0.1, 0.15) is 25.1 Å². The Labute approximate surface area is 149 Å². The number of rotatable bonds is 8. The Bertz CT molecular complexity index is 811. The summed E-state index contributed by atoms with van der Waals surface area (Å²) in [5, 5.41) is 15.8. The number of nitrogens with one attached hydrogen (secondary N) is 1. The first kappa shape index (κ1) is 17.3. The largest absolute Gasteiger partial charge is 0.497 e. The van der Waals surface area contributed by atoms with Crippen LogP contribution in [0.15, 0.2) is 27.8 Å². The van der Waals surface area contributed by atoms with Crippen molar-refractivity contribution in [2.24, 2.45) is 0 Å². The Hall–Kier alpha value is -2.55. The molecule has 9 heteroatoms. The number of thioether (sulfide) groups is 1. The fraction of sp³-hybridized carbons (Fsp3) is 0.375. The van der Waals surface area contributed by atoms with Gasteiger partial charge in [-0.2, -0.15) is 0 Å². The van der Waals surface area contributed by atoms with Gasteiger partial charge in [-0.05, 0) is 18.6 Å². The molecule has 0 saturated heterocycles. The van der Waals surface area contributed by atoms with E-state index in [1.54, 1.807) is 20.3 Å². The van der Waals surface area contributed by atoms with Crippen LogP contribution in [0.4, 0.5) is 0 Å². The molecule has 0 aliphatic rings. The summed E-state index contributed by atoms with van der Waals surface area (Å²) in [5.74, 6) is 3.77. The minimum atomic E-state index is 0.523. The Morgan fingerprint density at radius 3 is 2.48 bits per heavy atom. The monoisotopic (exact) mass is 361 g/mol. The molecule has 0 spiro atoms. The van der Waals surface area contributed by atoms with E-state index >= 15 is 0 Å². The molecule has 3 rings (SSSR count). The van der Waals surface area contributed by atoms with E-state index in [-0.39, 0.29) is 0 Å². The highest BCUT2D eigenvalue weighted by atomic mass is 32.2. The maximum atomic E-state index is 5.56. The van der Waals surface area contributed by atoms with Gasteiger partial charge in [0, 0.05) is 18.1 Å². The number of ether oxygens (including phenoxy) is 2. The Balaban J connectivity index is 1.69. The number of hydrogen-bond acceptors (Lipinski definition) is 8. The van der Waals surface area contributed by atoms with E-state index in [2.05, 4.69) is 32.3 Å². The van der Waals surface area contributed by atoms with Crippen LogP contribution in [0.25, 0.3) is 11.4 Å². The van der Waals surface area contributed by atoms with Gasteiger partial charge < -0.3 is 13.9 Å². The summed E-state index contributed by atoms with van der Waals surface area (Å²) >= 11 is 1.43. The molecule has 0 bridgehead atoms. The van der Waals surface area contributed by atoms with Crippen molar-refractivity contribution in [3.63, 3.8) is 0 Å². The molecule has 0 fully saturated rings. The summed E-state index contributed by atoms with van der Waals surface area (Å²) in [6.07, 6.45) is 1.77. The third-order valence-corrected chi connectivity index (χ3v) is 4.22. The second-order valence-corrected chi connectivity index (χ2v) is 6.14. The standard InChI is InChI=1S/C16H19N5O3S/c1-4-5-13-18-19-14(24-13)9-25-16-17-15(20-21-16)10-6-11(22-2)8-12(7-10)23-3/h6-8H,4-5,9H2,1-3H3,(H,17,20,21). The van der Waals surface area contributed by atoms with Crippen molar-refractivity contribution >= 4 is 11.8 Å². The van der Waals surface area contributed by atoms with Crippen LogP contribution in [0.2, 0.25) is 0 Å². The molecule has 0 aliphatic heterocycles. The Morgan fingerprint density at radius 1 is 1.08 bits per heavy atom. The quantitative estimate of drug-likeness (QED) is 0.611. The van der Waals surface area contributed by atoms with Gasteiger partial charge in [-0.3, -0.25) is 5.10 Å². The van der Waals surface area contributed by atoms with Crippen molar-refractivity contribution in [3.05, 3.63) is 30.0 Å². The van der Waals surface area contributed by atoms with Crippen molar-refractivity contribution in [3.8, 4) is 22.9 Å². The average molecular weight is 361 g/mol. The molecule has 3 aromatic rings. The van der Waals surface area contributed by atoms with Gasteiger partial charge in [0.1, 0.15) is 11.5 Å². The molecule has 25 heavy (non-hydrogen) atoms. The van der Waals surface area contributed by atoms with Crippen LogP contribution in [0, 0.1) is 0 Å². The summed E-state index contributed by atoms with van der Waals surface area (Å²) in [7, 11) is 3.22. The van der Waals surface area contributed by atoms with Crippen molar-refractivity contribution < 1.29 is 13.9 Å². The van der Waals surface area contributed by atoms with Crippen LogP contribution >= 0.6 is 11.8 Å². The van der Waals surface area contributed by atoms with E-state index in [0.29, 0.717) is 40.0 Å². The highest BCUT2D eigenvalue weighted by Crippen LogP contribution is 2.29.